The number of nitrogens with zero attached hydrogens (tertiary/aromatic N) is 2. The highest BCUT2D eigenvalue weighted by molar-refractivity contribution is 6.33. The van der Waals surface area contributed by atoms with Gasteiger partial charge in [0.15, 0.2) is 0 Å². The molecule has 4 nitrogen and oxygen atoms in total. The van der Waals surface area contributed by atoms with Crippen LogP contribution < -0.4 is 5.73 Å². The minimum Gasteiger partial charge on any atom is -0.382 e. The minimum absolute atomic E-state index is 0.0569. The number of carbonyl (C=O) groups excluding carboxylic acids is 1. The van der Waals surface area contributed by atoms with E-state index in [-0.39, 0.29) is 11.7 Å². The fraction of sp³-hybridized carbons (Fsp3) is 0.500. The van der Waals surface area contributed by atoms with E-state index in [1.807, 2.05) is 0 Å². The van der Waals surface area contributed by atoms with E-state index < -0.39 is 0 Å². The van der Waals surface area contributed by atoms with Crippen molar-refractivity contribution >= 4 is 23.3 Å². The largest absolute Gasteiger partial charge is 0.382 e. The molecule has 0 aromatic carbocycles. The first-order valence-corrected chi connectivity index (χ1v) is 6.03. The van der Waals surface area contributed by atoms with E-state index in [1.54, 1.807) is 18.0 Å². The van der Waals surface area contributed by atoms with Gasteiger partial charge < -0.3 is 10.6 Å². The molecule has 1 amide bonds. The third-order valence-corrected chi connectivity index (χ3v) is 3.55. The SMILES string of the molecule is CC1CC1CN(C)C(=O)c1cnc(N)c(Cl)c1. The second-order valence-corrected chi connectivity index (χ2v) is 5.16. The molecular formula is C12H16ClN3O. The number of aromatic nitrogens is 1. The van der Waals surface area contributed by atoms with Crippen LogP contribution in [0.5, 0.6) is 0 Å². The maximum Gasteiger partial charge on any atom is 0.255 e. The zero-order valence-electron chi connectivity index (χ0n) is 9.98. The molecule has 2 rings (SSSR count). The number of halogens is 1. The topological polar surface area (TPSA) is 59.2 Å². The average Bonchev–Trinajstić information content (AvgIpc) is 2.97. The molecule has 2 N–H and O–H groups in total. The first kappa shape index (κ1) is 12.2. The first-order chi connectivity index (χ1) is 7.99. The summed E-state index contributed by atoms with van der Waals surface area (Å²) in [5.74, 6) is 1.57. The Labute approximate surface area is 106 Å². The van der Waals surface area contributed by atoms with Gasteiger partial charge in [0.2, 0.25) is 0 Å². The molecule has 1 fully saturated rings. The van der Waals surface area contributed by atoms with Gasteiger partial charge in [0.25, 0.3) is 5.91 Å². The van der Waals surface area contributed by atoms with Crippen LogP contribution >= 0.6 is 11.6 Å². The molecule has 1 aliphatic carbocycles. The second kappa shape index (κ2) is 4.53. The van der Waals surface area contributed by atoms with Crippen molar-refractivity contribution in [3.63, 3.8) is 0 Å². The van der Waals surface area contributed by atoms with Gasteiger partial charge >= 0.3 is 0 Å². The lowest BCUT2D eigenvalue weighted by molar-refractivity contribution is 0.0786. The standard InChI is InChI=1S/C12H16ClN3O/c1-7-3-9(7)6-16(2)12(17)8-4-10(13)11(14)15-5-8/h4-5,7,9H,3,6H2,1-2H3,(H2,14,15). The highest BCUT2D eigenvalue weighted by Crippen LogP contribution is 2.38. The number of hydrogen-bond donors (Lipinski definition) is 1. The number of anilines is 1. The second-order valence-electron chi connectivity index (χ2n) is 4.75. The van der Waals surface area contributed by atoms with Crippen molar-refractivity contribution in [2.45, 2.75) is 13.3 Å². The Balaban J connectivity index is 2.05. The Morgan fingerprint density at radius 3 is 2.88 bits per heavy atom. The first-order valence-electron chi connectivity index (χ1n) is 5.65. The lowest BCUT2D eigenvalue weighted by Gasteiger charge is -2.17. The van der Waals surface area contributed by atoms with Crippen LogP contribution in [-0.4, -0.2) is 29.4 Å². The summed E-state index contributed by atoms with van der Waals surface area (Å²) in [6.07, 6.45) is 2.68. The summed E-state index contributed by atoms with van der Waals surface area (Å²) in [6, 6.07) is 1.57. The summed E-state index contributed by atoms with van der Waals surface area (Å²) >= 11 is 5.85. The quantitative estimate of drug-likeness (QED) is 0.897. The Bertz CT molecular complexity index is 449. The molecule has 1 aromatic rings. The van der Waals surface area contributed by atoms with Crippen molar-refractivity contribution in [2.24, 2.45) is 11.8 Å². The molecule has 5 heteroatoms. The molecule has 2 atom stereocenters. The van der Waals surface area contributed by atoms with Crippen LogP contribution in [0.3, 0.4) is 0 Å². The lowest BCUT2D eigenvalue weighted by atomic mass is 10.2. The molecule has 92 valence electrons. The highest BCUT2D eigenvalue weighted by atomic mass is 35.5. The maximum absolute atomic E-state index is 12.1. The average molecular weight is 254 g/mol. The van der Waals surface area contributed by atoms with Gasteiger partial charge in [0.1, 0.15) is 5.82 Å². The van der Waals surface area contributed by atoms with E-state index in [0.29, 0.717) is 16.5 Å². The minimum atomic E-state index is -0.0569. The Morgan fingerprint density at radius 2 is 2.35 bits per heavy atom. The molecule has 0 saturated heterocycles. The molecule has 17 heavy (non-hydrogen) atoms. The van der Waals surface area contributed by atoms with Gasteiger partial charge in [0.05, 0.1) is 10.6 Å². The van der Waals surface area contributed by atoms with Crippen molar-refractivity contribution in [3.05, 3.63) is 22.8 Å². The van der Waals surface area contributed by atoms with E-state index in [1.165, 1.54) is 12.6 Å². The van der Waals surface area contributed by atoms with Crippen LogP contribution in [0.15, 0.2) is 12.3 Å². The summed E-state index contributed by atoms with van der Waals surface area (Å²) < 4.78 is 0. The predicted molar refractivity (Wildman–Crippen MR) is 67.9 cm³/mol. The zero-order chi connectivity index (χ0) is 12.6. The third kappa shape index (κ3) is 2.69. The van der Waals surface area contributed by atoms with Gasteiger partial charge in [-0.15, -0.1) is 0 Å². The van der Waals surface area contributed by atoms with E-state index in [2.05, 4.69) is 11.9 Å². The van der Waals surface area contributed by atoms with Crippen molar-refractivity contribution in [2.75, 3.05) is 19.3 Å². The van der Waals surface area contributed by atoms with E-state index >= 15 is 0 Å². The van der Waals surface area contributed by atoms with Gasteiger partial charge in [0, 0.05) is 19.8 Å². The monoisotopic (exact) mass is 253 g/mol. The van der Waals surface area contributed by atoms with Crippen LogP contribution in [0.25, 0.3) is 0 Å². The summed E-state index contributed by atoms with van der Waals surface area (Å²) in [5.41, 5.74) is 5.99. The number of rotatable bonds is 3. The van der Waals surface area contributed by atoms with Crippen LogP contribution in [-0.2, 0) is 0 Å². The predicted octanol–water partition coefficient (Wildman–Crippen LogP) is 2.05. The van der Waals surface area contributed by atoms with Gasteiger partial charge in [-0.05, 0) is 24.3 Å². The van der Waals surface area contributed by atoms with Crippen LogP contribution in [0, 0.1) is 11.8 Å². The van der Waals surface area contributed by atoms with Gasteiger partial charge in [-0.2, -0.15) is 0 Å². The zero-order valence-corrected chi connectivity index (χ0v) is 10.7. The molecule has 1 heterocycles. The van der Waals surface area contributed by atoms with Crippen LogP contribution in [0.2, 0.25) is 5.02 Å². The fourth-order valence-electron chi connectivity index (χ4n) is 1.87. The van der Waals surface area contributed by atoms with E-state index in [9.17, 15) is 4.79 Å². The molecular weight excluding hydrogens is 238 g/mol. The molecule has 1 aliphatic rings. The van der Waals surface area contributed by atoms with E-state index in [0.717, 1.165) is 12.5 Å². The smallest absolute Gasteiger partial charge is 0.255 e. The third-order valence-electron chi connectivity index (χ3n) is 3.25. The maximum atomic E-state index is 12.1. The van der Waals surface area contributed by atoms with Gasteiger partial charge in [-0.25, -0.2) is 4.98 Å². The number of nitrogens with two attached hydrogens (primary N) is 1. The van der Waals surface area contributed by atoms with E-state index in [4.69, 9.17) is 17.3 Å². The van der Waals surface area contributed by atoms with Crippen LogP contribution in [0.4, 0.5) is 5.82 Å². The summed E-state index contributed by atoms with van der Waals surface area (Å²) in [7, 11) is 1.80. The summed E-state index contributed by atoms with van der Waals surface area (Å²) in [6.45, 7) is 2.99. The Hall–Kier alpha value is -1.29. The molecule has 0 radical (unpaired) electrons. The number of amides is 1. The van der Waals surface area contributed by atoms with Crippen molar-refractivity contribution in [3.8, 4) is 0 Å². The normalized spacial score (nSPS) is 22.3. The molecule has 1 aromatic heterocycles. The van der Waals surface area contributed by atoms with Crippen molar-refractivity contribution in [1.82, 2.24) is 9.88 Å². The molecule has 1 saturated carbocycles. The van der Waals surface area contributed by atoms with Crippen LogP contribution in [0.1, 0.15) is 23.7 Å². The number of hydrogen-bond acceptors (Lipinski definition) is 3. The van der Waals surface area contributed by atoms with Crippen molar-refractivity contribution < 1.29 is 4.79 Å². The summed E-state index contributed by atoms with van der Waals surface area (Å²) in [4.78, 5) is 17.7. The van der Waals surface area contributed by atoms with Gasteiger partial charge in [-0.1, -0.05) is 18.5 Å². The molecule has 2 unspecified atom stereocenters. The molecule has 0 spiro atoms. The van der Waals surface area contributed by atoms with Gasteiger partial charge in [-0.3, -0.25) is 4.79 Å². The number of carbonyl (C=O) groups is 1. The fourth-order valence-corrected chi connectivity index (χ4v) is 2.04. The highest BCUT2D eigenvalue weighted by Gasteiger charge is 2.34. The molecule has 0 aliphatic heterocycles. The number of nitrogen functional groups attached to an aromatic ring is 1. The summed E-state index contributed by atoms with van der Waals surface area (Å²) in [5, 5.41) is 0.323. The molecule has 0 bridgehead atoms. The Kier molecular flexibility index (Phi) is 3.24. The lowest BCUT2D eigenvalue weighted by Crippen LogP contribution is -2.29. The van der Waals surface area contributed by atoms with Crippen molar-refractivity contribution in [1.29, 1.82) is 0 Å². The Morgan fingerprint density at radius 1 is 1.71 bits per heavy atom. The number of pyridine rings is 1.